The second-order valence-electron chi connectivity index (χ2n) is 3.02. The van der Waals surface area contributed by atoms with Crippen LogP contribution in [0.5, 0.6) is 17.2 Å². The Morgan fingerprint density at radius 1 is 1.20 bits per heavy atom. The molecule has 3 nitrogen and oxygen atoms in total. The van der Waals surface area contributed by atoms with Crippen molar-refractivity contribution in [2.75, 3.05) is 7.11 Å². The Kier molecular flexibility index (Phi) is 2.51. The Hall–Kier alpha value is -1.68. The van der Waals surface area contributed by atoms with Crippen molar-refractivity contribution in [3.63, 3.8) is 0 Å². The van der Waals surface area contributed by atoms with E-state index in [-0.39, 0.29) is 11.5 Å². The lowest BCUT2D eigenvalue weighted by Crippen LogP contribution is -1.84. The molecule has 1 aromatic carbocycles. The average molecular weight is 222 g/mol. The van der Waals surface area contributed by atoms with Crippen LogP contribution in [0, 0.1) is 0 Å². The fourth-order valence-corrected chi connectivity index (χ4v) is 2.17. The van der Waals surface area contributed by atoms with Gasteiger partial charge in [-0.25, -0.2) is 0 Å². The quantitative estimate of drug-likeness (QED) is 0.821. The summed E-state index contributed by atoms with van der Waals surface area (Å²) in [4.78, 5) is 0.827. The van der Waals surface area contributed by atoms with Crippen molar-refractivity contribution in [1.29, 1.82) is 0 Å². The minimum Gasteiger partial charge on any atom is -0.507 e. The third-order valence-electron chi connectivity index (χ3n) is 2.07. The molecule has 0 atom stereocenters. The van der Waals surface area contributed by atoms with Gasteiger partial charge in [0.05, 0.1) is 12.7 Å². The molecule has 0 bridgehead atoms. The first-order valence-corrected chi connectivity index (χ1v) is 5.24. The van der Waals surface area contributed by atoms with Crippen LogP contribution in [-0.2, 0) is 0 Å². The predicted octanol–water partition coefficient (Wildman–Crippen LogP) is 2.83. The van der Waals surface area contributed by atoms with Gasteiger partial charge in [0.25, 0.3) is 0 Å². The van der Waals surface area contributed by atoms with Crippen LogP contribution in [0.15, 0.2) is 29.6 Å². The number of phenols is 2. The largest absolute Gasteiger partial charge is 0.507 e. The molecule has 2 rings (SSSR count). The van der Waals surface area contributed by atoms with Gasteiger partial charge in [0, 0.05) is 17.0 Å². The van der Waals surface area contributed by atoms with Gasteiger partial charge in [-0.2, -0.15) is 0 Å². The second kappa shape index (κ2) is 3.82. The summed E-state index contributed by atoms with van der Waals surface area (Å²) < 4.78 is 4.93. The number of hydrogen-bond acceptors (Lipinski definition) is 4. The van der Waals surface area contributed by atoms with Crippen molar-refractivity contribution in [3.05, 3.63) is 29.6 Å². The van der Waals surface area contributed by atoms with Gasteiger partial charge in [0.1, 0.15) is 17.2 Å². The maximum atomic E-state index is 9.74. The van der Waals surface area contributed by atoms with Crippen molar-refractivity contribution in [2.45, 2.75) is 0 Å². The number of benzene rings is 1. The lowest BCUT2D eigenvalue weighted by atomic mass is 10.1. The zero-order chi connectivity index (χ0) is 10.8. The topological polar surface area (TPSA) is 49.7 Å². The van der Waals surface area contributed by atoms with E-state index in [1.165, 1.54) is 30.6 Å². The van der Waals surface area contributed by atoms with Gasteiger partial charge in [0.15, 0.2) is 0 Å². The van der Waals surface area contributed by atoms with Crippen LogP contribution in [0.2, 0.25) is 0 Å². The van der Waals surface area contributed by atoms with E-state index in [0.717, 1.165) is 4.88 Å². The highest BCUT2D eigenvalue weighted by Gasteiger charge is 2.12. The van der Waals surface area contributed by atoms with Crippen molar-refractivity contribution >= 4 is 11.3 Å². The maximum Gasteiger partial charge on any atom is 0.131 e. The summed E-state index contributed by atoms with van der Waals surface area (Å²) in [5, 5.41) is 21.4. The molecule has 0 saturated carbocycles. The van der Waals surface area contributed by atoms with E-state index in [1.54, 1.807) is 0 Å². The van der Waals surface area contributed by atoms with Gasteiger partial charge < -0.3 is 14.9 Å². The number of ether oxygens (including phenoxy) is 1. The summed E-state index contributed by atoms with van der Waals surface area (Å²) >= 11 is 1.46. The predicted molar refractivity (Wildman–Crippen MR) is 59.6 cm³/mol. The number of rotatable bonds is 2. The van der Waals surface area contributed by atoms with E-state index in [0.29, 0.717) is 11.3 Å². The van der Waals surface area contributed by atoms with Crippen molar-refractivity contribution in [3.8, 4) is 27.7 Å². The normalized spacial score (nSPS) is 10.2. The van der Waals surface area contributed by atoms with Gasteiger partial charge in [-0.15, -0.1) is 11.3 Å². The molecule has 0 amide bonds. The van der Waals surface area contributed by atoms with E-state index in [1.807, 2.05) is 17.5 Å². The second-order valence-corrected chi connectivity index (χ2v) is 3.97. The third kappa shape index (κ3) is 1.76. The van der Waals surface area contributed by atoms with Gasteiger partial charge in [-0.1, -0.05) is 6.07 Å². The smallest absolute Gasteiger partial charge is 0.131 e. The van der Waals surface area contributed by atoms with E-state index >= 15 is 0 Å². The average Bonchev–Trinajstić information content (AvgIpc) is 2.69. The third-order valence-corrected chi connectivity index (χ3v) is 2.96. The summed E-state index contributed by atoms with van der Waals surface area (Å²) in [5.41, 5.74) is 0.450. The van der Waals surface area contributed by atoms with Crippen LogP contribution in [-0.4, -0.2) is 17.3 Å². The molecule has 0 spiro atoms. The Bertz CT molecular complexity index is 440. The minimum atomic E-state index is 0.0225. The Balaban J connectivity index is 2.58. The molecule has 0 radical (unpaired) electrons. The van der Waals surface area contributed by atoms with Crippen LogP contribution in [0.4, 0.5) is 0 Å². The molecular formula is C11H10O3S. The number of methoxy groups -OCH3 is 1. The van der Waals surface area contributed by atoms with E-state index in [2.05, 4.69) is 0 Å². The lowest BCUT2D eigenvalue weighted by Gasteiger charge is -2.07. The van der Waals surface area contributed by atoms with E-state index in [4.69, 9.17) is 4.74 Å². The summed E-state index contributed by atoms with van der Waals surface area (Å²) in [5.74, 6) is 0.480. The first-order valence-electron chi connectivity index (χ1n) is 4.36. The highest BCUT2D eigenvalue weighted by Crippen LogP contribution is 2.42. The fraction of sp³-hybridized carbons (Fsp3) is 0.0909. The number of aromatic hydroxyl groups is 2. The van der Waals surface area contributed by atoms with Crippen LogP contribution in [0.25, 0.3) is 10.4 Å². The monoisotopic (exact) mass is 222 g/mol. The van der Waals surface area contributed by atoms with Gasteiger partial charge in [-0.05, 0) is 11.4 Å². The van der Waals surface area contributed by atoms with Crippen molar-refractivity contribution < 1.29 is 14.9 Å². The number of thiophene rings is 1. The van der Waals surface area contributed by atoms with Crippen LogP contribution in [0.1, 0.15) is 0 Å². The molecule has 15 heavy (non-hydrogen) atoms. The molecule has 0 unspecified atom stereocenters. The van der Waals surface area contributed by atoms with Crippen LogP contribution in [0.3, 0.4) is 0 Å². The van der Waals surface area contributed by atoms with Crippen LogP contribution >= 0.6 is 11.3 Å². The molecule has 0 aliphatic rings. The Morgan fingerprint density at radius 2 is 1.87 bits per heavy atom. The summed E-state index contributed by atoms with van der Waals surface area (Å²) in [6.45, 7) is 0. The Morgan fingerprint density at radius 3 is 2.33 bits per heavy atom. The maximum absolute atomic E-state index is 9.74. The van der Waals surface area contributed by atoms with E-state index < -0.39 is 0 Å². The highest BCUT2D eigenvalue weighted by atomic mass is 32.1. The fourth-order valence-electron chi connectivity index (χ4n) is 1.38. The SMILES string of the molecule is COc1cc(O)c(-c2cccs2)c(O)c1. The molecule has 0 fully saturated rings. The molecule has 2 aromatic rings. The molecule has 2 N–H and O–H groups in total. The Labute approximate surface area is 91.2 Å². The zero-order valence-electron chi connectivity index (χ0n) is 8.10. The summed E-state index contributed by atoms with van der Waals surface area (Å²) in [6, 6.07) is 6.67. The molecule has 1 heterocycles. The molecule has 78 valence electrons. The lowest BCUT2D eigenvalue weighted by molar-refractivity contribution is 0.399. The summed E-state index contributed by atoms with van der Waals surface area (Å²) in [6.07, 6.45) is 0. The van der Waals surface area contributed by atoms with Crippen molar-refractivity contribution in [1.82, 2.24) is 0 Å². The van der Waals surface area contributed by atoms with Gasteiger partial charge in [0.2, 0.25) is 0 Å². The standard InChI is InChI=1S/C11H10O3S/c1-14-7-5-8(12)11(9(13)6-7)10-3-2-4-15-10/h2-6,12-13H,1H3. The van der Waals surface area contributed by atoms with E-state index in [9.17, 15) is 10.2 Å². The highest BCUT2D eigenvalue weighted by molar-refractivity contribution is 7.13. The molecule has 0 aliphatic carbocycles. The molecule has 0 aliphatic heterocycles. The van der Waals surface area contributed by atoms with Gasteiger partial charge in [-0.3, -0.25) is 0 Å². The number of phenolic OH excluding ortho intramolecular Hbond substituents is 2. The van der Waals surface area contributed by atoms with Gasteiger partial charge >= 0.3 is 0 Å². The first kappa shape index (κ1) is 9.86. The molecular weight excluding hydrogens is 212 g/mol. The first-order chi connectivity index (χ1) is 7.22. The van der Waals surface area contributed by atoms with Crippen molar-refractivity contribution in [2.24, 2.45) is 0 Å². The molecule has 0 saturated heterocycles. The minimum absolute atomic E-state index is 0.0225. The zero-order valence-corrected chi connectivity index (χ0v) is 8.91. The molecule has 1 aromatic heterocycles. The van der Waals surface area contributed by atoms with Crippen LogP contribution < -0.4 is 4.74 Å². The summed E-state index contributed by atoms with van der Waals surface area (Å²) in [7, 11) is 1.49. The molecule has 4 heteroatoms. The number of hydrogen-bond donors (Lipinski definition) is 2.